The van der Waals surface area contributed by atoms with Gasteiger partial charge in [0.15, 0.2) is 5.78 Å². The minimum absolute atomic E-state index is 0.127. The number of ketones is 1. The summed E-state index contributed by atoms with van der Waals surface area (Å²) in [7, 11) is 0. The van der Waals surface area contributed by atoms with Crippen LogP contribution in [-0.2, 0) is 10.2 Å². The van der Waals surface area contributed by atoms with Crippen LogP contribution in [0.2, 0.25) is 15.1 Å². The fourth-order valence-corrected chi connectivity index (χ4v) is 5.95. The topological polar surface area (TPSA) is 46.2 Å². The smallest absolute Gasteiger partial charge is 0.231 e. The number of rotatable bonds is 7. The van der Waals surface area contributed by atoms with Crippen LogP contribution >= 0.6 is 58.0 Å². The first-order valence-electron chi connectivity index (χ1n) is 11.0. The molecule has 1 N–H and O–H groups in total. The number of nitrogens with one attached hydrogen (secondary N) is 1. The summed E-state index contributed by atoms with van der Waals surface area (Å²) in [6.45, 7) is 3.79. The maximum atomic E-state index is 13.3. The molecule has 1 amide bonds. The number of hydrogen-bond donors (Lipinski definition) is 1. The van der Waals surface area contributed by atoms with Gasteiger partial charge in [0.25, 0.3) is 0 Å². The SMILES string of the molecule is CC(C)(CC(=O)c1cc(NC(=O)C2C(c3cc(Cl)cc(Cl)c3)C2(Cl)Cl)ccc1Cl)c1ccc(F)cc1. The van der Waals surface area contributed by atoms with Crippen molar-refractivity contribution in [2.24, 2.45) is 5.92 Å². The van der Waals surface area contributed by atoms with Crippen molar-refractivity contribution >= 4 is 75.4 Å². The Morgan fingerprint density at radius 1 is 0.944 bits per heavy atom. The molecule has 1 aliphatic rings. The molecule has 3 nitrogen and oxygen atoms in total. The molecule has 188 valence electrons. The van der Waals surface area contributed by atoms with Crippen LogP contribution < -0.4 is 5.32 Å². The zero-order chi connectivity index (χ0) is 26.4. The van der Waals surface area contributed by atoms with Crippen molar-refractivity contribution < 1.29 is 14.0 Å². The number of carbonyl (C=O) groups excluding carboxylic acids is 2. The second-order valence-corrected chi connectivity index (χ2v) is 12.2. The van der Waals surface area contributed by atoms with E-state index in [-0.39, 0.29) is 28.6 Å². The lowest BCUT2D eigenvalue weighted by atomic mass is 9.79. The molecule has 2 unspecified atom stereocenters. The van der Waals surface area contributed by atoms with E-state index in [4.69, 9.17) is 58.0 Å². The van der Waals surface area contributed by atoms with Gasteiger partial charge in [-0.25, -0.2) is 4.39 Å². The van der Waals surface area contributed by atoms with Crippen LogP contribution in [0.5, 0.6) is 0 Å². The molecule has 0 heterocycles. The lowest BCUT2D eigenvalue weighted by Crippen LogP contribution is -2.22. The molecule has 0 aromatic heterocycles. The molecule has 1 aliphatic carbocycles. The number of alkyl halides is 2. The lowest BCUT2D eigenvalue weighted by molar-refractivity contribution is -0.117. The third-order valence-corrected chi connectivity index (χ3v) is 8.05. The van der Waals surface area contributed by atoms with Crippen molar-refractivity contribution in [3.63, 3.8) is 0 Å². The second kappa shape index (κ2) is 10.2. The summed E-state index contributed by atoms with van der Waals surface area (Å²) in [6.07, 6.45) is 0.127. The number of Topliss-reactive ketones (excluding diaryl/α,β-unsaturated/α-hetero) is 1. The first-order valence-corrected chi connectivity index (χ1v) is 12.9. The van der Waals surface area contributed by atoms with Gasteiger partial charge in [-0.05, 0) is 65.1 Å². The minimum Gasteiger partial charge on any atom is -0.326 e. The molecule has 0 radical (unpaired) electrons. The Balaban J connectivity index is 1.51. The fraction of sp³-hybridized carbons (Fsp3) is 0.259. The Bertz CT molecular complexity index is 1320. The van der Waals surface area contributed by atoms with Crippen molar-refractivity contribution in [3.8, 4) is 0 Å². The molecular formula is C27H21Cl5FNO2. The summed E-state index contributed by atoms with van der Waals surface area (Å²) < 4.78 is 12.0. The third kappa shape index (κ3) is 5.69. The van der Waals surface area contributed by atoms with E-state index in [0.717, 1.165) is 5.56 Å². The molecule has 1 fully saturated rings. The molecule has 4 rings (SSSR count). The lowest BCUT2D eigenvalue weighted by Gasteiger charge is -2.25. The van der Waals surface area contributed by atoms with Crippen molar-refractivity contribution in [3.05, 3.63) is 98.2 Å². The van der Waals surface area contributed by atoms with Crippen LogP contribution in [0.15, 0.2) is 60.7 Å². The van der Waals surface area contributed by atoms with Gasteiger partial charge in [-0.1, -0.05) is 60.8 Å². The fourth-order valence-electron chi connectivity index (χ4n) is 4.36. The van der Waals surface area contributed by atoms with Crippen LogP contribution in [0.1, 0.15) is 47.7 Å². The van der Waals surface area contributed by atoms with E-state index < -0.39 is 27.5 Å². The summed E-state index contributed by atoms with van der Waals surface area (Å²) in [5, 5.41) is 3.87. The van der Waals surface area contributed by atoms with E-state index in [0.29, 0.717) is 21.3 Å². The highest BCUT2D eigenvalue weighted by molar-refractivity contribution is 6.53. The van der Waals surface area contributed by atoms with Crippen LogP contribution in [-0.4, -0.2) is 16.0 Å². The monoisotopic (exact) mass is 585 g/mol. The number of carbonyl (C=O) groups is 2. The Hall–Kier alpha value is -1.82. The minimum atomic E-state index is -1.33. The van der Waals surface area contributed by atoms with Crippen LogP contribution in [0, 0.1) is 11.7 Å². The third-order valence-electron chi connectivity index (χ3n) is 6.34. The van der Waals surface area contributed by atoms with E-state index in [1.807, 2.05) is 13.8 Å². The zero-order valence-electron chi connectivity index (χ0n) is 19.2. The number of benzene rings is 3. The van der Waals surface area contributed by atoms with Gasteiger partial charge >= 0.3 is 0 Å². The van der Waals surface area contributed by atoms with Crippen LogP contribution in [0.25, 0.3) is 0 Å². The number of amides is 1. The summed E-state index contributed by atoms with van der Waals surface area (Å²) in [4.78, 5) is 26.2. The Morgan fingerprint density at radius 2 is 1.56 bits per heavy atom. The Kier molecular flexibility index (Phi) is 7.68. The quantitative estimate of drug-likeness (QED) is 0.222. The van der Waals surface area contributed by atoms with E-state index in [1.165, 1.54) is 18.2 Å². The largest absolute Gasteiger partial charge is 0.326 e. The highest BCUT2D eigenvalue weighted by Gasteiger charge is 2.67. The van der Waals surface area contributed by atoms with Gasteiger partial charge in [0.05, 0.1) is 10.9 Å². The average molecular weight is 588 g/mol. The summed E-state index contributed by atoms with van der Waals surface area (Å²) in [5.74, 6) is -2.22. The standard InChI is InChI=1S/C27H21Cl5FNO2/c1-26(2,15-3-5-18(33)6-4-15)13-22(35)20-12-19(7-8-21(20)30)34-25(36)24-23(27(24,31)32)14-9-16(28)11-17(29)10-14/h3-12,23-24H,13H2,1-2H3,(H,34,36). The van der Waals surface area contributed by atoms with Crippen molar-refractivity contribution in [1.82, 2.24) is 0 Å². The van der Waals surface area contributed by atoms with E-state index in [9.17, 15) is 14.0 Å². The van der Waals surface area contributed by atoms with E-state index >= 15 is 0 Å². The molecule has 0 bridgehead atoms. The molecule has 0 spiro atoms. The molecule has 0 aliphatic heterocycles. The number of anilines is 1. The summed E-state index contributed by atoms with van der Waals surface area (Å²) >= 11 is 31.4. The maximum absolute atomic E-state index is 13.3. The van der Waals surface area contributed by atoms with E-state index in [1.54, 1.807) is 42.5 Å². The predicted octanol–water partition coefficient (Wildman–Crippen LogP) is 8.86. The molecule has 0 saturated heterocycles. The summed E-state index contributed by atoms with van der Waals surface area (Å²) in [5.41, 5.74) is 1.56. The van der Waals surface area contributed by atoms with Gasteiger partial charge in [-0.2, -0.15) is 0 Å². The number of halogens is 6. The van der Waals surface area contributed by atoms with Crippen molar-refractivity contribution in [2.75, 3.05) is 5.32 Å². The molecule has 1 saturated carbocycles. The molecule has 3 aromatic rings. The molecule has 36 heavy (non-hydrogen) atoms. The molecule has 9 heteroatoms. The van der Waals surface area contributed by atoms with Gasteiger partial charge in [0, 0.05) is 33.6 Å². The Morgan fingerprint density at radius 3 is 2.17 bits per heavy atom. The first-order chi connectivity index (χ1) is 16.8. The normalized spacial score (nSPS) is 18.6. The zero-order valence-corrected chi connectivity index (χ0v) is 23.0. The summed E-state index contributed by atoms with van der Waals surface area (Å²) in [6, 6.07) is 15.6. The van der Waals surface area contributed by atoms with Gasteiger partial charge < -0.3 is 5.32 Å². The highest BCUT2D eigenvalue weighted by Crippen LogP contribution is 2.65. The molecule has 2 atom stereocenters. The maximum Gasteiger partial charge on any atom is 0.231 e. The molecular weight excluding hydrogens is 567 g/mol. The molecule has 3 aromatic carbocycles. The van der Waals surface area contributed by atoms with Gasteiger partial charge in [0.2, 0.25) is 5.91 Å². The number of hydrogen-bond acceptors (Lipinski definition) is 2. The predicted molar refractivity (Wildman–Crippen MR) is 146 cm³/mol. The van der Waals surface area contributed by atoms with Crippen molar-refractivity contribution in [1.29, 1.82) is 0 Å². The van der Waals surface area contributed by atoms with Crippen molar-refractivity contribution in [2.45, 2.75) is 35.9 Å². The van der Waals surface area contributed by atoms with Gasteiger partial charge in [0.1, 0.15) is 10.2 Å². The average Bonchev–Trinajstić information content (AvgIpc) is 3.36. The van der Waals surface area contributed by atoms with Gasteiger partial charge in [-0.15, -0.1) is 23.2 Å². The van der Waals surface area contributed by atoms with E-state index in [2.05, 4.69) is 5.32 Å². The Labute approximate surface area is 233 Å². The van der Waals surface area contributed by atoms with Gasteiger partial charge in [-0.3, -0.25) is 9.59 Å². The first kappa shape index (κ1) is 27.2. The van der Waals surface area contributed by atoms with Crippen LogP contribution in [0.3, 0.4) is 0 Å². The second-order valence-electron chi connectivity index (χ2n) is 9.51. The highest BCUT2D eigenvalue weighted by atomic mass is 35.5. The van der Waals surface area contributed by atoms with Crippen LogP contribution in [0.4, 0.5) is 10.1 Å².